The van der Waals surface area contributed by atoms with Crippen molar-refractivity contribution < 1.29 is 13.9 Å². The summed E-state index contributed by atoms with van der Waals surface area (Å²) in [6, 6.07) is 1.97. The molecule has 3 heteroatoms. The molecule has 1 aromatic rings. The number of aromatic hydroxyl groups is 1. The average molecular weight is 200 g/mol. The maximum Gasteiger partial charge on any atom is 0.165 e. The molecule has 0 fully saturated rings. The van der Waals surface area contributed by atoms with Crippen molar-refractivity contribution in [2.75, 3.05) is 0 Å². The van der Waals surface area contributed by atoms with Crippen LogP contribution < -0.4 is 0 Å². The zero-order valence-corrected chi connectivity index (χ0v) is 8.56. The van der Waals surface area contributed by atoms with Gasteiger partial charge < -0.3 is 5.11 Å². The molecule has 0 heterocycles. The maximum absolute atomic E-state index is 13.2. The molecular weight excluding hydrogens is 186 g/mol. The fraction of sp³-hybridized carbons (Fsp3) is 0.455. The van der Waals surface area contributed by atoms with Crippen molar-refractivity contribution in [1.82, 2.24) is 0 Å². The van der Waals surface area contributed by atoms with Crippen molar-refractivity contribution in [3.63, 3.8) is 0 Å². The molecule has 0 aliphatic carbocycles. The molecule has 0 spiro atoms. The van der Waals surface area contributed by atoms with Crippen LogP contribution in [0, 0.1) is 17.0 Å². The van der Waals surface area contributed by atoms with E-state index in [1.54, 1.807) is 0 Å². The molecule has 0 aliphatic rings. The normalized spacial score (nSPS) is 11.8. The minimum absolute atomic E-state index is 0.0532. The lowest BCUT2D eigenvalue weighted by molar-refractivity contribution is 0.371. The Balaban J connectivity index is 3.13. The van der Waals surface area contributed by atoms with Crippen molar-refractivity contribution >= 4 is 0 Å². The molecule has 1 nitrogen and oxygen atoms in total. The Hall–Kier alpha value is -1.12. The Kier molecular flexibility index (Phi) is 2.79. The van der Waals surface area contributed by atoms with Gasteiger partial charge in [-0.05, 0) is 24.0 Å². The molecule has 0 bridgehead atoms. The van der Waals surface area contributed by atoms with Gasteiger partial charge in [-0.3, -0.25) is 0 Å². The standard InChI is InChI=1S/C11H14F2O/c1-11(2,3)6-7-8(12)4-5-9(13)10(7)14/h4-5,14H,6H2,1-3H3. The van der Waals surface area contributed by atoms with E-state index in [1.807, 2.05) is 20.8 Å². The quantitative estimate of drug-likeness (QED) is 0.737. The van der Waals surface area contributed by atoms with Crippen LogP contribution in [-0.2, 0) is 6.42 Å². The molecule has 0 aliphatic heterocycles. The monoisotopic (exact) mass is 200 g/mol. The van der Waals surface area contributed by atoms with Crippen LogP contribution in [0.2, 0.25) is 0 Å². The summed E-state index contributed by atoms with van der Waals surface area (Å²) in [5, 5.41) is 9.33. The van der Waals surface area contributed by atoms with Gasteiger partial charge in [0.15, 0.2) is 11.6 Å². The van der Waals surface area contributed by atoms with E-state index in [-0.39, 0.29) is 11.0 Å². The maximum atomic E-state index is 13.2. The van der Waals surface area contributed by atoms with Crippen LogP contribution in [0.25, 0.3) is 0 Å². The second-order valence-corrected chi connectivity index (χ2v) is 4.59. The third kappa shape index (κ3) is 2.44. The summed E-state index contributed by atoms with van der Waals surface area (Å²) in [5.74, 6) is -1.90. The van der Waals surface area contributed by atoms with E-state index < -0.39 is 17.4 Å². The molecular formula is C11H14F2O. The molecule has 1 N–H and O–H groups in total. The van der Waals surface area contributed by atoms with E-state index >= 15 is 0 Å². The van der Waals surface area contributed by atoms with Gasteiger partial charge in [0.05, 0.1) is 0 Å². The van der Waals surface area contributed by atoms with Crippen LogP contribution in [0.5, 0.6) is 5.75 Å². The van der Waals surface area contributed by atoms with Crippen LogP contribution >= 0.6 is 0 Å². The van der Waals surface area contributed by atoms with Crippen LogP contribution in [0.4, 0.5) is 8.78 Å². The van der Waals surface area contributed by atoms with Gasteiger partial charge in [-0.1, -0.05) is 20.8 Å². The Morgan fingerprint density at radius 3 is 2.14 bits per heavy atom. The SMILES string of the molecule is CC(C)(C)Cc1c(F)ccc(F)c1O. The van der Waals surface area contributed by atoms with E-state index in [4.69, 9.17) is 0 Å². The second kappa shape index (κ2) is 3.56. The fourth-order valence-electron chi connectivity index (χ4n) is 1.28. The van der Waals surface area contributed by atoms with Gasteiger partial charge in [0.1, 0.15) is 5.82 Å². The Morgan fingerprint density at radius 2 is 1.64 bits per heavy atom. The molecule has 0 unspecified atom stereocenters. The minimum Gasteiger partial charge on any atom is -0.505 e. The van der Waals surface area contributed by atoms with E-state index in [1.165, 1.54) is 0 Å². The Morgan fingerprint density at radius 1 is 1.14 bits per heavy atom. The third-order valence-electron chi connectivity index (χ3n) is 1.88. The van der Waals surface area contributed by atoms with Gasteiger partial charge in [-0.25, -0.2) is 8.78 Å². The largest absolute Gasteiger partial charge is 0.505 e. The lowest BCUT2D eigenvalue weighted by Gasteiger charge is -2.19. The summed E-state index contributed by atoms with van der Waals surface area (Å²) in [4.78, 5) is 0. The van der Waals surface area contributed by atoms with Crippen molar-refractivity contribution in [3.8, 4) is 5.75 Å². The van der Waals surface area contributed by atoms with E-state index in [9.17, 15) is 13.9 Å². The van der Waals surface area contributed by atoms with Crippen molar-refractivity contribution in [1.29, 1.82) is 0 Å². The van der Waals surface area contributed by atoms with E-state index in [0.29, 0.717) is 6.42 Å². The van der Waals surface area contributed by atoms with Crippen molar-refractivity contribution in [3.05, 3.63) is 29.3 Å². The first-order valence-electron chi connectivity index (χ1n) is 4.47. The van der Waals surface area contributed by atoms with Gasteiger partial charge in [0.25, 0.3) is 0 Å². The molecule has 14 heavy (non-hydrogen) atoms. The predicted octanol–water partition coefficient (Wildman–Crippen LogP) is 3.26. The van der Waals surface area contributed by atoms with Gasteiger partial charge in [-0.2, -0.15) is 0 Å². The highest BCUT2D eigenvalue weighted by molar-refractivity contribution is 5.35. The molecule has 0 aromatic heterocycles. The smallest absolute Gasteiger partial charge is 0.165 e. The highest BCUT2D eigenvalue weighted by Gasteiger charge is 2.19. The fourth-order valence-corrected chi connectivity index (χ4v) is 1.28. The Bertz CT molecular complexity index is 340. The van der Waals surface area contributed by atoms with Crippen LogP contribution in [0.15, 0.2) is 12.1 Å². The number of phenols is 1. The minimum atomic E-state index is -0.773. The Labute approximate surface area is 82.4 Å². The van der Waals surface area contributed by atoms with Crippen molar-refractivity contribution in [2.24, 2.45) is 5.41 Å². The molecule has 0 saturated carbocycles. The highest BCUT2D eigenvalue weighted by atomic mass is 19.1. The molecule has 1 aromatic carbocycles. The summed E-state index contributed by atoms with van der Waals surface area (Å²) < 4.78 is 26.2. The summed E-state index contributed by atoms with van der Waals surface area (Å²) in [5.41, 5.74) is -0.135. The molecule has 0 amide bonds. The lowest BCUT2D eigenvalue weighted by atomic mass is 9.87. The van der Waals surface area contributed by atoms with Crippen LogP contribution in [0.1, 0.15) is 26.3 Å². The zero-order valence-electron chi connectivity index (χ0n) is 8.56. The van der Waals surface area contributed by atoms with E-state index in [2.05, 4.69) is 0 Å². The highest BCUT2D eigenvalue weighted by Crippen LogP contribution is 2.30. The first-order valence-corrected chi connectivity index (χ1v) is 4.47. The molecule has 0 radical (unpaired) electrons. The number of hydrogen-bond donors (Lipinski definition) is 1. The number of benzene rings is 1. The predicted molar refractivity (Wildman–Crippen MR) is 51.2 cm³/mol. The number of hydrogen-bond acceptors (Lipinski definition) is 1. The van der Waals surface area contributed by atoms with Crippen molar-refractivity contribution in [2.45, 2.75) is 27.2 Å². The van der Waals surface area contributed by atoms with Gasteiger partial charge in [0, 0.05) is 5.56 Å². The van der Waals surface area contributed by atoms with Gasteiger partial charge >= 0.3 is 0 Å². The average Bonchev–Trinajstić information content (AvgIpc) is 2.04. The topological polar surface area (TPSA) is 20.2 Å². The number of rotatable bonds is 1. The summed E-state index contributed by atoms with van der Waals surface area (Å²) in [6.07, 6.45) is 0.308. The number of halogens is 2. The zero-order chi connectivity index (χ0) is 10.9. The van der Waals surface area contributed by atoms with Crippen LogP contribution in [-0.4, -0.2) is 5.11 Å². The molecule has 78 valence electrons. The lowest BCUT2D eigenvalue weighted by Crippen LogP contribution is -2.11. The first kappa shape index (κ1) is 11.0. The molecule has 0 atom stereocenters. The van der Waals surface area contributed by atoms with E-state index in [0.717, 1.165) is 12.1 Å². The summed E-state index contributed by atoms with van der Waals surface area (Å²) >= 11 is 0. The molecule has 1 rings (SSSR count). The molecule has 0 saturated heterocycles. The summed E-state index contributed by atoms with van der Waals surface area (Å²) in [7, 11) is 0. The second-order valence-electron chi connectivity index (χ2n) is 4.59. The van der Waals surface area contributed by atoms with Gasteiger partial charge in [0.2, 0.25) is 0 Å². The summed E-state index contributed by atoms with van der Waals surface area (Å²) in [6.45, 7) is 5.70. The van der Waals surface area contributed by atoms with Crippen LogP contribution in [0.3, 0.4) is 0 Å². The number of phenolic OH excluding ortho intramolecular Hbond substituents is 1. The first-order chi connectivity index (χ1) is 6.31. The third-order valence-corrected chi connectivity index (χ3v) is 1.88. The van der Waals surface area contributed by atoms with Gasteiger partial charge in [-0.15, -0.1) is 0 Å².